The second-order valence-corrected chi connectivity index (χ2v) is 8.44. The Bertz CT molecular complexity index is 1070. The van der Waals surface area contributed by atoms with Crippen molar-refractivity contribution in [3.05, 3.63) is 77.5 Å². The summed E-state index contributed by atoms with van der Waals surface area (Å²) in [5, 5.41) is 10.6. The number of hydrogen-bond donors (Lipinski definition) is 3. The van der Waals surface area contributed by atoms with Crippen molar-refractivity contribution in [2.75, 3.05) is 13.6 Å². The number of aromatic nitrogens is 1. The molecule has 0 amide bonds. The zero-order chi connectivity index (χ0) is 21.3. The Kier molecular flexibility index (Phi) is 5.75. The van der Waals surface area contributed by atoms with Crippen LogP contribution in [0.3, 0.4) is 0 Å². The van der Waals surface area contributed by atoms with Crippen LogP contribution < -0.4 is 5.73 Å². The summed E-state index contributed by atoms with van der Waals surface area (Å²) in [6, 6.07) is 17.1. The van der Waals surface area contributed by atoms with Crippen molar-refractivity contribution < 1.29 is 9.90 Å². The van der Waals surface area contributed by atoms with Crippen LogP contribution in [0.5, 0.6) is 0 Å². The van der Waals surface area contributed by atoms with Gasteiger partial charge in [0.15, 0.2) is 0 Å². The van der Waals surface area contributed by atoms with Gasteiger partial charge in [0.25, 0.3) is 0 Å². The van der Waals surface area contributed by atoms with Crippen molar-refractivity contribution in [3.63, 3.8) is 0 Å². The molecule has 5 heteroatoms. The minimum absolute atomic E-state index is 0.266. The summed E-state index contributed by atoms with van der Waals surface area (Å²) in [5.41, 5.74) is 11.8. The Hall–Kier alpha value is -2.89. The molecule has 2 heterocycles. The molecule has 5 nitrogen and oxygen atoms in total. The molecule has 0 bridgehead atoms. The highest BCUT2D eigenvalue weighted by atomic mass is 16.4. The summed E-state index contributed by atoms with van der Waals surface area (Å²) < 4.78 is 0. The van der Waals surface area contributed by atoms with Crippen molar-refractivity contribution >= 4 is 22.4 Å². The zero-order valence-electron chi connectivity index (χ0n) is 17.5. The number of nitrogens with zero attached hydrogens (tertiary/aromatic N) is 1. The number of aliphatic carboxylic acids is 1. The molecule has 2 aliphatic rings. The Labute approximate surface area is 177 Å². The molecule has 1 unspecified atom stereocenters. The van der Waals surface area contributed by atoms with Gasteiger partial charge in [0.1, 0.15) is 0 Å². The van der Waals surface area contributed by atoms with Crippen LogP contribution in [0.1, 0.15) is 23.6 Å². The molecule has 0 spiro atoms. The second-order valence-electron chi connectivity index (χ2n) is 8.44. The summed E-state index contributed by atoms with van der Waals surface area (Å²) in [7, 11) is 2.02. The molecule has 5 rings (SSSR count). The Morgan fingerprint density at radius 1 is 1.23 bits per heavy atom. The lowest BCUT2D eigenvalue weighted by Crippen LogP contribution is -2.44. The van der Waals surface area contributed by atoms with Gasteiger partial charge < -0.3 is 15.8 Å². The molecule has 3 aromatic rings. The number of nitrogens with one attached hydrogen (secondary N) is 1. The van der Waals surface area contributed by atoms with E-state index in [1.165, 1.54) is 27.6 Å². The number of likely N-dealkylation sites (N-methyl/N-ethyl adjacent to an activating group) is 1. The van der Waals surface area contributed by atoms with Crippen LogP contribution >= 0.6 is 0 Å². The molecule has 0 radical (unpaired) electrons. The standard InChI is InChI=1S/C16H16N2O2.C9H13N/c1-18-8-10(16(19)20)5-12-11-3-2-4-13-15(11)9(7-17-13)6-14(12)18;1-8(10)7-9-5-3-2-4-6-9/h2-5,7,10,14,17H,6,8H2,1H3,(H,19,20);2-6,8H,7,10H2,1H3/t10-,14-;/m1./s1. The minimum atomic E-state index is -0.741. The first-order valence-corrected chi connectivity index (χ1v) is 10.5. The van der Waals surface area contributed by atoms with Gasteiger partial charge >= 0.3 is 5.97 Å². The van der Waals surface area contributed by atoms with Gasteiger partial charge in [-0.2, -0.15) is 0 Å². The molecule has 30 heavy (non-hydrogen) atoms. The van der Waals surface area contributed by atoms with Gasteiger partial charge in [-0.1, -0.05) is 48.5 Å². The molecular formula is C25H29N3O2. The van der Waals surface area contributed by atoms with Gasteiger partial charge in [-0.25, -0.2) is 0 Å². The van der Waals surface area contributed by atoms with E-state index in [0.717, 1.165) is 18.4 Å². The number of aromatic amines is 1. The van der Waals surface area contributed by atoms with Gasteiger partial charge in [0, 0.05) is 35.7 Å². The van der Waals surface area contributed by atoms with E-state index in [4.69, 9.17) is 5.73 Å². The van der Waals surface area contributed by atoms with E-state index in [0.29, 0.717) is 12.6 Å². The van der Waals surface area contributed by atoms with E-state index >= 15 is 0 Å². The van der Waals surface area contributed by atoms with Crippen LogP contribution in [0.2, 0.25) is 0 Å². The molecule has 0 fully saturated rings. The molecule has 0 saturated carbocycles. The maximum atomic E-state index is 11.3. The first kappa shape index (κ1) is 20.4. The van der Waals surface area contributed by atoms with E-state index in [9.17, 15) is 9.90 Å². The van der Waals surface area contributed by atoms with E-state index in [-0.39, 0.29) is 6.04 Å². The lowest BCUT2D eigenvalue weighted by atomic mass is 9.80. The summed E-state index contributed by atoms with van der Waals surface area (Å²) in [6.45, 7) is 2.60. The maximum Gasteiger partial charge on any atom is 0.311 e. The number of benzene rings is 2. The van der Waals surface area contributed by atoms with Crippen molar-refractivity contribution in [2.24, 2.45) is 11.7 Å². The number of hydrogen-bond acceptors (Lipinski definition) is 3. The lowest BCUT2D eigenvalue weighted by Gasteiger charge is -2.38. The predicted molar refractivity (Wildman–Crippen MR) is 121 cm³/mol. The Balaban J connectivity index is 0.000000185. The average molecular weight is 404 g/mol. The molecule has 4 N–H and O–H groups in total. The van der Waals surface area contributed by atoms with Crippen LogP contribution in [-0.2, 0) is 17.6 Å². The summed E-state index contributed by atoms with van der Waals surface area (Å²) in [4.78, 5) is 16.8. The predicted octanol–water partition coefficient (Wildman–Crippen LogP) is 3.70. The monoisotopic (exact) mass is 403 g/mol. The first-order valence-electron chi connectivity index (χ1n) is 10.5. The minimum Gasteiger partial charge on any atom is -0.481 e. The highest BCUT2D eigenvalue weighted by Gasteiger charge is 2.35. The van der Waals surface area contributed by atoms with Crippen molar-refractivity contribution in [1.82, 2.24) is 9.88 Å². The number of fused-ring (bicyclic) bond motifs is 2. The zero-order valence-corrected chi connectivity index (χ0v) is 17.5. The van der Waals surface area contributed by atoms with E-state index in [1.807, 2.05) is 44.3 Å². The maximum absolute atomic E-state index is 11.3. The summed E-state index contributed by atoms with van der Waals surface area (Å²) >= 11 is 0. The van der Waals surface area contributed by atoms with Crippen molar-refractivity contribution in [3.8, 4) is 0 Å². The summed E-state index contributed by atoms with van der Waals surface area (Å²) in [6.07, 6.45) is 5.96. The smallest absolute Gasteiger partial charge is 0.311 e. The van der Waals surface area contributed by atoms with Gasteiger partial charge in [0.05, 0.1) is 5.92 Å². The fourth-order valence-electron chi connectivity index (χ4n) is 4.59. The van der Waals surface area contributed by atoms with Crippen LogP contribution in [0.4, 0.5) is 0 Å². The molecule has 156 valence electrons. The van der Waals surface area contributed by atoms with Crippen LogP contribution in [0.25, 0.3) is 16.5 Å². The Morgan fingerprint density at radius 3 is 2.70 bits per heavy atom. The van der Waals surface area contributed by atoms with Crippen LogP contribution in [0.15, 0.2) is 60.8 Å². The number of carboxylic acid groups (broad SMARTS) is 1. The van der Waals surface area contributed by atoms with Gasteiger partial charge in [0.2, 0.25) is 0 Å². The van der Waals surface area contributed by atoms with Crippen molar-refractivity contribution in [2.45, 2.75) is 31.8 Å². The molecule has 3 atom stereocenters. The normalized spacial score (nSPS) is 21.2. The topological polar surface area (TPSA) is 82.3 Å². The SMILES string of the molecule is CC(N)Cc1ccccc1.CN1C[C@H](C(=O)O)C=C2c3cccc4[nH]cc(c34)C[C@H]21. The fraction of sp³-hybridized carbons (Fsp3) is 0.320. The highest BCUT2D eigenvalue weighted by molar-refractivity contribution is 5.99. The third-order valence-corrected chi connectivity index (χ3v) is 5.99. The molecule has 1 aliphatic heterocycles. The number of rotatable bonds is 3. The number of nitrogens with two attached hydrogens (primary N) is 1. The van der Waals surface area contributed by atoms with Crippen LogP contribution in [-0.4, -0.2) is 46.6 Å². The third-order valence-electron chi connectivity index (χ3n) is 5.99. The number of carbonyl (C=O) groups is 1. The highest BCUT2D eigenvalue weighted by Crippen LogP contribution is 2.40. The van der Waals surface area contributed by atoms with Gasteiger partial charge in [-0.3, -0.25) is 9.69 Å². The van der Waals surface area contributed by atoms with Gasteiger partial charge in [-0.05, 0) is 55.1 Å². The molecule has 0 saturated heterocycles. The third kappa shape index (κ3) is 4.04. The molecular weight excluding hydrogens is 374 g/mol. The molecule has 1 aliphatic carbocycles. The fourth-order valence-corrected chi connectivity index (χ4v) is 4.59. The average Bonchev–Trinajstić information content (AvgIpc) is 3.14. The summed E-state index contributed by atoms with van der Waals surface area (Å²) in [5.74, 6) is -1.16. The van der Waals surface area contributed by atoms with Gasteiger partial charge in [-0.15, -0.1) is 0 Å². The van der Waals surface area contributed by atoms with E-state index in [2.05, 4.69) is 40.3 Å². The first-order chi connectivity index (χ1) is 14.4. The van der Waals surface area contributed by atoms with E-state index in [1.54, 1.807) is 0 Å². The number of H-pyrrole nitrogens is 1. The lowest BCUT2D eigenvalue weighted by molar-refractivity contribution is -0.140. The molecule has 2 aromatic carbocycles. The Morgan fingerprint density at radius 2 is 2.00 bits per heavy atom. The van der Waals surface area contributed by atoms with Crippen molar-refractivity contribution in [1.29, 1.82) is 0 Å². The number of carboxylic acids is 1. The second kappa shape index (κ2) is 8.46. The largest absolute Gasteiger partial charge is 0.481 e. The quantitative estimate of drug-likeness (QED) is 0.623. The van der Waals surface area contributed by atoms with Crippen LogP contribution in [0, 0.1) is 5.92 Å². The molecule has 1 aromatic heterocycles. The van der Waals surface area contributed by atoms with E-state index < -0.39 is 11.9 Å².